The van der Waals surface area contributed by atoms with Gasteiger partial charge in [-0.1, -0.05) is 49.6 Å². The van der Waals surface area contributed by atoms with Crippen LogP contribution in [0.5, 0.6) is 0 Å². The number of nitrogens with zero attached hydrogens (tertiary/aromatic N) is 2. The number of carbonyl (C=O) groups excluding carboxylic acids is 2. The minimum absolute atomic E-state index is 0.0827. The summed E-state index contributed by atoms with van der Waals surface area (Å²) in [6, 6.07) is 8.07. The first-order valence-corrected chi connectivity index (χ1v) is 11.1. The van der Waals surface area contributed by atoms with Crippen LogP contribution in [0.25, 0.3) is 0 Å². The van der Waals surface area contributed by atoms with E-state index >= 15 is 0 Å². The van der Waals surface area contributed by atoms with E-state index in [1.54, 1.807) is 4.90 Å². The number of rotatable bonds is 4. The number of benzene rings is 1. The van der Waals surface area contributed by atoms with Crippen molar-refractivity contribution in [1.29, 1.82) is 0 Å². The van der Waals surface area contributed by atoms with Gasteiger partial charge in [0.05, 0.1) is 0 Å². The van der Waals surface area contributed by atoms with Crippen molar-refractivity contribution in [3.8, 4) is 0 Å². The second-order valence-electron chi connectivity index (χ2n) is 8.70. The molecule has 4 atom stereocenters. The maximum Gasteiger partial charge on any atom is 0.410 e. The lowest BCUT2D eigenvalue weighted by atomic mass is 9.70. The fourth-order valence-electron chi connectivity index (χ4n) is 5.47. The highest BCUT2D eigenvalue weighted by molar-refractivity contribution is 5.90. The zero-order valence-electron chi connectivity index (χ0n) is 17.2. The number of hydrogen-bond donors (Lipinski definition) is 1. The average molecular weight is 415 g/mol. The molecule has 1 aliphatic carbocycles. The van der Waals surface area contributed by atoms with Gasteiger partial charge in [-0.2, -0.15) is 0 Å². The Morgan fingerprint density at radius 1 is 0.933 bits per heavy atom. The Hall–Kier alpha value is -2.57. The van der Waals surface area contributed by atoms with Gasteiger partial charge in [0, 0.05) is 13.1 Å². The summed E-state index contributed by atoms with van der Waals surface area (Å²) in [5.74, 6) is -0.681. The van der Waals surface area contributed by atoms with Crippen LogP contribution in [0, 0.1) is 11.8 Å². The molecule has 2 heterocycles. The molecule has 1 saturated carbocycles. The van der Waals surface area contributed by atoms with Gasteiger partial charge in [0.15, 0.2) is 0 Å². The average Bonchev–Trinajstić information content (AvgIpc) is 3.27. The van der Waals surface area contributed by atoms with Crippen LogP contribution in [-0.2, 0) is 20.9 Å². The summed E-state index contributed by atoms with van der Waals surface area (Å²) >= 11 is 0. The van der Waals surface area contributed by atoms with Crippen molar-refractivity contribution in [2.45, 2.75) is 63.6 Å². The highest BCUT2D eigenvalue weighted by atomic mass is 16.6. The zero-order valence-corrected chi connectivity index (χ0v) is 17.2. The molecule has 0 spiro atoms. The third kappa shape index (κ3) is 4.16. The molecular weight excluding hydrogens is 384 g/mol. The summed E-state index contributed by atoms with van der Waals surface area (Å²) in [6.07, 6.45) is 5.72. The number of carboxylic acids is 1. The van der Waals surface area contributed by atoms with Gasteiger partial charge in [0.2, 0.25) is 5.91 Å². The van der Waals surface area contributed by atoms with Gasteiger partial charge < -0.3 is 14.7 Å². The monoisotopic (exact) mass is 414 g/mol. The van der Waals surface area contributed by atoms with Gasteiger partial charge in [-0.05, 0) is 43.1 Å². The van der Waals surface area contributed by atoms with Crippen LogP contribution in [0.3, 0.4) is 0 Å². The van der Waals surface area contributed by atoms with Crippen LogP contribution in [0.2, 0.25) is 0 Å². The minimum Gasteiger partial charge on any atom is -0.480 e. The van der Waals surface area contributed by atoms with Crippen molar-refractivity contribution in [2.24, 2.45) is 11.8 Å². The van der Waals surface area contributed by atoms with E-state index in [-0.39, 0.29) is 18.4 Å². The molecule has 0 radical (unpaired) electrons. The lowest BCUT2D eigenvalue weighted by Crippen LogP contribution is -2.60. The van der Waals surface area contributed by atoms with E-state index in [1.165, 1.54) is 4.90 Å². The molecule has 0 unspecified atom stereocenters. The zero-order chi connectivity index (χ0) is 21.1. The standard InChI is InChI=1S/C23H30N2O5/c26-21(24-13-6-11-19(24)22(27)28)20-18-10-5-4-9-17(18)12-14-25(20)23(29)30-15-16-7-2-1-3-8-16/h1-3,7-8,17-20H,4-6,9-15H2,(H,27,28)/t17-,18-,19+,20-/m1/s1. The van der Waals surface area contributed by atoms with Crippen LogP contribution in [0.1, 0.15) is 50.5 Å². The summed E-state index contributed by atoms with van der Waals surface area (Å²) in [5.41, 5.74) is 0.895. The van der Waals surface area contributed by atoms with Crippen LogP contribution >= 0.6 is 0 Å². The van der Waals surface area contributed by atoms with E-state index in [2.05, 4.69) is 0 Å². The van der Waals surface area contributed by atoms with Crippen molar-refractivity contribution in [2.75, 3.05) is 13.1 Å². The topological polar surface area (TPSA) is 87.2 Å². The van der Waals surface area contributed by atoms with E-state index < -0.39 is 24.1 Å². The first-order valence-electron chi connectivity index (χ1n) is 11.1. The van der Waals surface area contributed by atoms with Gasteiger partial charge in [-0.15, -0.1) is 0 Å². The summed E-state index contributed by atoms with van der Waals surface area (Å²) in [4.78, 5) is 41.3. The van der Waals surface area contributed by atoms with E-state index in [9.17, 15) is 19.5 Å². The molecule has 0 aromatic heterocycles. The molecule has 4 rings (SSSR count). The SMILES string of the molecule is O=C(O)[C@@H]1CCCN1C(=O)[C@H]1[C@@H]2CCCC[C@@H]2CCN1C(=O)OCc1ccccc1. The number of amides is 2. The number of likely N-dealkylation sites (tertiary alicyclic amines) is 2. The highest BCUT2D eigenvalue weighted by Gasteiger charge is 2.49. The Kier molecular flexibility index (Phi) is 6.25. The van der Waals surface area contributed by atoms with E-state index in [0.717, 1.165) is 37.7 Å². The summed E-state index contributed by atoms with van der Waals surface area (Å²) in [6.45, 7) is 1.08. The van der Waals surface area contributed by atoms with Crippen LogP contribution in [-0.4, -0.2) is 58.0 Å². The molecule has 1 N–H and O–H groups in total. The molecule has 30 heavy (non-hydrogen) atoms. The smallest absolute Gasteiger partial charge is 0.410 e. The fraction of sp³-hybridized carbons (Fsp3) is 0.609. The number of aliphatic carboxylic acids is 1. The quantitative estimate of drug-likeness (QED) is 0.817. The minimum atomic E-state index is -0.963. The van der Waals surface area contributed by atoms with Crippen LogP contribution in [0.4, 0.5) is 4.79 Å². The maximum atomic E-state index is 13.6. The molecule has 0 bridgehead atoms. The summed E-state index contributed by atoms with van der Waals surface area (Å²) < 4.78 is 5.56. The van der Waals surface area contributed by atoms with Crippen molar-refractivity contribution in [1.82, 2.24) is 9.80 Å². The Morgan fingerprint density at radius 3 is 2.47 bits per heavy atom. The largest absolute Gasteiger partial charge is 0.480 e. The number of hydrogen-bond acceptors (Lipinski definition) is 4. The van der Waals surface area contributed by atoms with E-state index in [4.69, 9.17) is 4.74 Å². The first-order chi connectivity index (χ1) is 14.6. The summed E-state index contributed by atoms with van der Waals surface area (Å²) in [5, 5.41) is 9.55. The first kappa shape index (κ1) is 20.7. The highest BCUT2D eigenvalue weighted by Crippen LogP contribution is 2.41. The number of piperidine rings is 1. The third-order valence-electron chi connectivity index (χ3n) is 6.96. The molecule has 7 nitrogen and oxygen atoms in total. The molecule has 2 saturated heterocycles. The second-order valence-corrected chi connectivity index (χ2v) is 8.70. The molecule has 2 aliphatic heterocycles. The summed E-state index contributed by atoms with van der Waals surface area (Å²) in [7, 11) is 0. The van der Waals surface area contributed by atoms with E-state index in [0.29, 0.717) is 31.8 Å². The lowest BCUT2D eigenvalue weighted by Gasteiger charge is -2.47. The fourth-order valence-corrected chi connectivity index (χ4v) is 5.47. The Bertz CT molecular complexity index is 783. The molecule has 7 heteroatoms. The number of carbonyl (C=O) groups is 3. The normalized spacial score (nSPS) is 28.7. The lowest BCUT2D eigenvalue weighted by molar-refractivity contribution is -0.153. The molecule has 162 valence electrons. The predicted molar refractivity (Wildman–Crippen MR) is 110 cm³/mol. The third-order valence-corrected chi connectivity index (χ3v) is 6.96. The predicted octanol–water partition coefficient (Wildman–Crippen LogP) is 3.28. The molecule has 3 fully saturated rings. The van der Waals surface area contributed by atoms with Crippen molar-refractivity contribution >= 4 is 18.0 Å². The van der Waals surface area contributed by atoms with Crippen LogP contribution in [0.15, 0.2) is 30.3 Å². The molecule has 3 aliphatic rings. The van der Waals surface area contributed by atoms with Gasteiger partial charge in [-0.3, -0.25) is 9.69 Å². The van der Waals surface area contributed by atoms with Gasteiger partial charge in [0.25, 0.3) is 0 Å². The van der Waals surface area contributed by atoms with Crippen molar-refractivity contribution in [3.63, 3.8) is 0 Å². The molecule has 1 aromatic carbocycles. The molecule has 1 aromatic rings. The maximum absolute atomic E-state index is 13.6. The van der Waals surface area contributed by atoms with Gasteiger partial charge in [-0.25, -0.2) is 9.59 Å². The van der Waals surface area contributed by atoms with Crippen molar-refractivity contribution in [3.05, 3.63) is 35.9 Å². The van der Waals surface area contributed by atoms with Crippen LogP contribution < -0.4 is 0 Å². The molecule has 2 amide bonds. The molecular formula is C23H30N2O5. The Labute approximate surface area is 177 Å². The van der Waals surface area contributed by atoms with E-state index in [1.807, 2.05) is 30.3 Å². The number of carboxylic acid groups (broad SMARTS) is 1. The van der Waals surface area contributed by atoms with Gasteiger partial charge >= 0.3 is 12.1 Å². The number of ether oxygens (including phenoxy) is 1. The second kappa shape index (κ2) is 9.06. The number of fused-ring (bicyclic) bond motifs is 1. The van der Waals surface area contributed by atoms with Gasteiger partial charge in [0.1, 0.15) is 18.7 Å². The Morgan fingerprint density at radius 2 is 1.70 bits per heavy atom. The Balaban J connectivity index is 1.54. The van der Waals surface area contributed by atoms with Crippen molar-refractivity contribution < 1.29 is 24.2 Å².